The summed E-state index contributed by atoms with van der Waals surface area (Å²) in [6.45, 7) is 13.3. The smallest absolute Gasteiger partial charge is 1.00 e. The quantitative estimate of drug-likeness (QED) is 0.0190. The molecule has 58 heteroatoms. The van der Waals surface area contributed by atoms with E-state index in [-0.39, 0.29) is 145 Å². The van der Waals surface area contributed by atoms with Crippen molar-refractivity contribution in [1.82, 2.24) is 60.4 Å². The topological polar surface area (TPSA) is 269 Å². The van der Waals surface area contributed by atoms with Crippen molar-refractivity contribution in [3.8, 4) is 0 Å². The van der Waals surface area contributed by atoms with Gasteiger partial charge >= 0.3 is 434 Å². The fourth-order valence-electron chi connectivity index (χ4n) is 9.41. The molecule has 2 aromatic carbocycles. The average Bonchev–Trinajstić information content (AvgIpc) is 1.63. The van der Waals surface area contributed by atoms with Crippen molar-refractivity contribution >= 4 is 480 Å². The Bertz CT molecular complexity index is 3840. The zero-order chi connectivity index (χ0) is 77.2. The molecule has 5 aromatic rings. The second kappa shape index (κ2) is 64.2. The Morgan fingerprint density at radius 1 is 0.550 bits per heavy atom. The van der Waals surface area contributed by atoms with Crippen LogP contribution in [-0.4, -0.2) is 125 Å². The van der Waals surface area contributed by atoms with E-state index < -0.39 is 89.8 Å². The fraction of sp³-hybridized carbons (Fsp3) is 0.451. The van der Waals surface area contributed by atoms with Crippen molar-refractivity contribution in [2.75, 3.05) is 39.3 Å². The number of hydrogen-bond acceptors (Lipinski definition) is 14. The Kier molecular flexibility index (Phi) is 72.4. The SMILES string of the molecule is C.CC(C)(C)OC(=O)N1CCc2nn3c(c2C1)C(=O)NCCC3.Cl.Cl.I[I-]I(I)I(I)I(I)I(I)I(I)I(I)I(I)I(I)I(I)I(I)I(I)I(I)I.O=C(Cl)c1ccc(Cl)c(Cl)c1.O=C1NCCCn2nc3c(c21)CN(C(=O)c1ccc(Cl)c(Cl)c1)CC3.O=C1NCCCn2nc3c(c21)CNCC3.O=CO[O-].[H-].[Na+].[Na+]. The summed E-state index contributed by atoms with van der Waals surface area (Å²) < 4.78 is 10.9. The van der Waals surface area contributed by atoms with Gasteiger partial charge in [0.1, 0.15) is 22.7 Å². The van der Waals surface area contributed by atoms with E-state index in [1.165, 1.54) is 18.2 Å². The van der Waals surface area contributed by atoms with E-state index in [0.29, 0.717) is 115 Å². The second-order valence-electron chi connectivity index (χ2n) is 21.1. The number of carbonyl (C=O) groups excluding carboxylic acids is 7. The first kappa shape index (κ1) is 123. The number of halogens is 34. The number of rotatable bonds is 15. The predicted octanol–water partition coefficient (Wildman–Crippen LogP) is 20.9. The molecule has 0 radical (unpaired) electrons. The van der Waals surface area contributed by atoms with Crippen LogP contribution in [0.5, 0.6) is 0 Å². The molecule has 22 nitrogen and oxygen atoms in total. The Balaban J connectivity index is 0.00000134. The molecule has 0 fully saturated rings. The summed E-state index contributed by atoms with van der Waals surface area (Å²) in [7, 11) is -5.18. The minimum absolute atomic E-state index is 0. The van der Waals surface area contributed by atoms with Gasteiger partial charge in [0.05, 0.1) is 50.3 Å². The summed E-state index contributed by atoms with van der Waals surface area (Å²) in [5.41, 5.74) is 8.00. The monoisotopic (exact) mass is 4720 g/mol. The van der Waals surface area contributed by atoms with Gasteiger partial charge in [-0.1, -0.05) is 53.8 Å². The summed E-state index contributed by atoms with van der Waals surface area (Å²) in [4.78, 5) is 86.7. The van der Waals surface area contributed by atoms with Crippen molar-refractivity contribution in [3.05, 3.63) is 118 Å². The Morgan fingerprint density at radius 3 is 1.28 bits per heavy atom. The van der Waals surface area contributed by atoms with E-state index >= 15 is 0 Å². The van der Waals surface area contributed by atoms with Gasteiger partial charge in [-0.25, -0.2) is 4.79 Å². The van der Waals surface area contributed by atoms with E-state index in [1.54, 1.807) is 37.4 Å². The van der Waals surface area contributed by atoms with Crippen molar-refractivity contribution in [1.29, 1.82) is 0 Å². The largest absolute Gasteiger partial charge is 1.00 e. The number of amides is 5. The zero-order valence-corrected chi connectivity index (χ0v) is 123. The van der Waals surface area contributed by atoms with E-state index in [9.17, 15) is 28.8 Å². The molecule has 11 rings (SSSR count). The molecule has 0 aliphatic carbocycles. The normalized spacial score (nSPS) is 15.9. The van der Waals surface area contributed by atoms with Crippen molar-refractivity contribution in [2.24, 2.45) is 0 Å². The molecule has 0 unspecified atom stereocenters. The van der Waals surface area contributed by atoms with E-state index in [0.717, 1.165) is 97.9 Å². The molecule has 6 aliphatic heterocycles. The average molecular weight is 4720 g/mol. The van der Waals surface area contributed by atoms with Crippen LogP contribution >= 0.6 is 438 Å². The number of ether oxygens (including phenoxy) is 1. The maximum absolute atomic E-state index is 12.8. The Labute approximate surface area is 903 Å². The molecule has 6 aliphatic rings. The van der Waals surface area contributed by atoms with Gasteiger partial charge in [-0.2, -0.15) is 15.3 Å². The van der Waals surface area contributed by atoms with Gasteiger partial charge in [0, 0.05) is 113 Å². The minimum atomic E-state index is -0.538. The zero-order valence-electron chi connectivity index (χ0n) is 56.3. The number of nitrogens with zero attached hydrogens (tertiary/aromatic N) is 8. The maximum atomic E-state index is 12.8. The molecule has 0 bridgehead atoms. The fourth-order valence-corrected chi connectivity index (χ4v) is 4410. The molecule has 109 heavy (non-hydrogen) atoms. The van der Waals surface area contributed by atoms with Crippen molar-refractivity contribution in [2.45, 2.75) is 112 Å². The van der Waals surface area contributed by atoms with Gasteiger partial charge in [0.25, 0.3) is 35.3 Å². The first-order chi connectivity index (χ1) is 49.1. The number of fused-ring (bicyclic) bond motifs is 9. The second-order valence-corrected chi connectivity index (χ2v) is 624. The Hall–Kier alpha value is 16.0. The summed E-state index contributed by atoms with van der Waals surface area (Å²) in [5.74, 6) is -0.310. The van der Waals surface area contributed by atoms with Crippen LogP contribution in [0.2, 0.25) is 20.1 Å². The van der Waals surface area contributed by atoms with Crippen LogP contribution in [0.15, 0.2) is 36.4 Å². The number of hydrogen-bond donors (Lipinski definition) is 4. The van der Waals surface area contributed by atoms with Crippen molar-refractivity contribution < 1.29 is 122 Å². The molecule has 0 spiro atoms. The summed E-state index contributed by atoms with van der Waals surface area (Å²) in [6.07, 6.45) is 4.57. The van der Waals surface area contributed by atoms with E-state index in [1.807, 2.05) is 25.5 Å². The number of nitrogens with one attached hydrogen (secondary N) is 4. The first-order valence-corrected chi connectivity index (χ1v) is 194. The molecule has 5 amide bonds. The number of carbonyl (C=O) groups is 7. The summed E-state index contributed by atoms with van der Waals surface area (Å²) in [6, 6.07) is 9.33. The van der Waals surface area contributed by atoms with Crippen LogP contribution in [0.25, 0.3) is 0 Å². The van der Waals surface area contributed by atoms with E-state index in [2.05, 4.69) is 302 Å². The molecule has 628 valence electrons. The standard InChI is InChI=1S/C17H16Cl2N4O2.C15H22N4O3.C10H14N4O.C7H3Cl3O.CH2O3.CH4.2ClH.I27.2Na.H/c18-12-3-2-10(8-13(12)19)17(25)22-7-4-14-11(9-22)15-16(24)20-5-1-6-23(15)21-14;1-15(2,3)22-14(21)18-8-5-11-10(9-18)12-13(20)16-6-4-7-19(12)17-11;15-10-9-7-6-11-4-2-8(7)13-14(9)5-1-3-12-10;8-5-2-1-4(7(10)11)3-6(5)9;2-1-4-3;;;;1-15-17(4)19(6)21(8)23(10)25(12)27(14)26(13)24(11)22(9)20(7)18(5)16(2)3;;;/h2-3,8H,1,4-7,9H2,(H,20,24);4-9H2,1-3H3,(H,16,20);11H,1-6H2,(H,12,15);1-3H;1,3H;1H4;2*1H;;;;/q;;;;;;;;-1;2*+1;-1/p-1. The van der Waals surface area contributed by atoms with Gasteiger partial charge in [-0.15, -0.1) is 24.8 Å². The van der Waals surface area contributed by atoms with E-state index in [4.69, 9.17) is 72.8 Å². The van der Waals surface area contributed by atoms with Crippen LogP contribution in [0.3, 0.4) is 0 Å². The van der Waals surface area contributed by atoms with Crippen LogP contribution in [0.4, 0.5) is 4.79 Å². The van der Waals surface area contributed by atoms with Gasteiger partial charge in [0.15, 0.2) is 0 Å². The van der Waals surface area contributed by atoms with Crippen LogP contribution < -0.4 is 98.9 Å². The molecular formula is C51H63Cl7I27N12Na2O10-. The molecular weight excluding hydrogens is 4660 g/mol. The van der Waals surface area contributed by atoms with Gasteiger partial charge in [0.2, 0.25) is 0 Å². The maximum Gasteiger partial charge on any atom is 1.00 e. The molecule has 9 heterocycles. The van der Waals surface area contributed by atoms with Crippen LogP contribution in [0.1, 0.15) is 135 Å². The van der Waals surface area contributed by atoms with Crippen LogP contribution in [-0.2, 0) is 72.9 Å². The van der Waals surface area contributed by atoms with Gasteiger partial charge in [-0.3, -0.25) is 42.8 Å². The van der Waals surface area contributed by atoms with Crippen LogP contribution in [0, 0.1) is 0 Å². The minimum Gasteiger partial charge on any atom is -1.00 e. The third-order valence-electron chi connectivity index (χ3n) is 13.5. The third-order valence-corrected chi connectivity index (χ3v) is 1920. The Morgan fingerprint density at radius 2 is 0.908 bits per heavy atom. The molecule has 4 N–H and O–H groups in total. The van der Waals surface area contributed by atoms with Gasteiger partial charge < -0.3 is 47.4 Å². The number of aryl methyl sites for hydroxylation is 3. The molecule has 0 saturated heterocycles. The first-order valence-electron chi connectivity index (χ1n) is 28.4. The number of benzene rings is 2. The number of aromatic nitrogens is 6. The molecule has 3 aromatic heterocycles. The molecule has 0 atom stereocenters. The molecule has 0 saturated carbocycles. The summed E-state index contributed by atoms with van der Waals surface area (Å²) in [5, 5.41) is 35.0. The summed E-state index contributed by atoms with van der Waals surface area (Å²) >= 11 is 72.7. The third kappa shape index (κ3) is 39.6. The predicted molar refractivity (Wildman–Crippen MR) is 669 cm³/mol. The van der Waals surface area contributed by atoms with Crippen molar-refractivity contribution in [3.63, 3.8) is 0 Å². The van der Waals surface area contributed by atoms with Gasteiger partial charge in [-0.05, 0) is 88.0 Å².